The minimum absolute atomic E-state index is 0.0643. The third-order valence-electron chi connectivity index (χ3n) is 2.97. The Bertz CT molecular complexity index is 378. The van der Waals surface area contributed by atoms with Gasteiger partial charge in [-0.15, -0.1) is 11.8 Å². The van der Waals surface area contributed by atoms with E-state index in [0.29, 0.717) is 5.75 Å². The Kier molecular flexibility index (Phi) is 6.22. The molecule has 1 aromatic rings. The van der Waals surface area contributed by atoms with Crippen molar-refractivity contribution in [3.05, 3.63) is 35.4 Å². The molecule has 0 aliphatic heterocycles. The van der Waals surface area contributed by atoms with Gasteiger partial charge >= 0.3 is 5.97 Å². The van der Waals surface area contributed by atoms with Gasteiger partial charge in [0.15, 0.2) is 0 Å². The molecule has 2 atom stereocenters. The zero-order valence-corrected chi connectivity index (χ0v) is 12.0. The second-order valence-electron chi connectivity index (χ2n) is 4.21. The fraction of sp³-hybridized carbons (Fsp3) is 0.500. The smallest absolute Gasteiger partial charge is 0.315 e. The molecule has 0 radical (unpaired) electrons. The molecule has 1 aromatic carbocycles. The number of hydrogen-bond donors (Lipinski definition) is 1. The van der Waals surface area contributed by atoms with Gasteiger partial charge in [0.1, 0.15) is 0 Å². The third-order valence-corrected chi connectivity index (χ3v) is 4.19. The summed E-state index contributed by atoms with van der Waals surface area (Å²) in [6, 6.07) is 8.28. The van der Waals surface area contributed by atoms with Crippen LogP contribution in [0.5, 0.6) is 0 Å². The van der Waals surface area contributed by atoms with Crippen LogP contribution in [-0.4, -0.2) is 24.1 Å². The normalized spacial score (nSPS) is 14.0. The summed E-state index contributed by atoms with van der Waals surface area (Å²) >= 11 is 1.52. The number of ether oxygens (including phenoxy) is 1. The minimum Gasteiger partial charge on any atom is -0.468 e. The highest BCUT2D eigenvalue weighted by atomic mass is 32.2. The molecule has 0 fully saturated rings. The summed E-state index contributed by atoms with van der Waals surface area (Å²) in [5.74, 6) is 0.138. The summed E-state index contributed by atoms with van der Waals surface area (Å²) in [5.41, 5.74) is 8.60. The van der Waals surface area contributed by atoms with Crippen LogP contribution < -0.4 is 5.73 Å². The van der Waals surface area contributed by atoms with Gasteiger partial charge in [0, 0.05) is 11.3 Å². The highest BCUT2D eigenvalue weighted by molar-refractivity contribution is 8.00. The van der Waals surface area contributed by atoms with E-state index in [2.05, 4.69) is 35.9 Å². The van der Waals surface area contributed by atoms with Gasteiger partial charge in [0.05, 0.1) is 12.9 Å². The SMILES string of the molecule is CCc1ccc(C(N)C(C)SCC(=O)OC)cc1. The zero-order chi connectivity index (χ0) is 13.5. The van der Waals surface area contributed by atoms with Crippen molar-refractivity contribution in [1.82, 2.24) is 0 Å². The van der Waals surface area contributed by atoms with E-state index in [0.717, 1.165) is 12.0 Å². The highest BCUT2D eigenvalue weighted by Gasteiger charge is 2.16. The van der Waals surface area contributed by atoms with Crippen LogP contribution in [0.25, 0.3) is 0 Å². The molecule has 2 N–H and O–H groups in total. The predicted octanol–water partition coefficient (Wildman–Crippen LogP) is 2.54. The number of thioether (sulfide) groups is 1. The summed E-state index contributed by atoms with van der Waals surface area (Å²) in [6.07, 6.45) is 1.03. The predicted molar refractivity (Wildman–Crippen MR) is 76.7 cm³/mol. The maximum absolute atomic E-state index is 11.1. The number of carbonyl (C=O) groups excluding carboxylic acids is 1. The van der Waals surface area contributed by atoms with E-state index in [4.69, 9.17) is 5.73 Å². The summed E-state index contributed by atoms with van der Waals surface area (Å²) in [6.45, 7) is 4.16. The van der Waals surface area contributed by atoms with Gasteiger partial charge in [-0.05, 0) is 17.5 Å². The van der Waals surface area contributed by atoms with E-state index >= 15 is 0 Å². The van der Waals surface area contributed by atoms with Crippen LogP contribution in [-0.2, 0) is 16.0 Å². The van der Waals surface area contributed by atoms with Crippen molar-refractivity contribution in [1.29, 1.82) is 0 Å². The van der Waals surface area contributed by atoms with Crippen LogP contribution in [0.15, 0.2) is 24.3 Å². The Morgan fingerprint density at radius 3 is 2.50 bits per heavy atom. The summed E-state index contributed by atoms with van der Waals surface area (Å²) < 4.78 is 4.62. The van der Waals surface area contributed by atoms with Crippen LogP contribution in [0, 0.1) is 0 Å². The molecule has 0 spiro atoms. The molecule has 100 valence electrons. The van der Waals surface area contributed by atoms with Gasteiger partial charge in [-0.1, -0.05) is 38.1 Å². The second kappa shape index (κ2) is 7.44. The lowest BCUT2D eigenvalue weighted by atomic mass is 10.0. The molecule has 0 heterocycles. The lowest BCUT2D eigenvalue weighted by Crippen LogP contribution is -2.22. The van der Waals surface area contributed by atoms with Gasteiger partial charge in [0.25, 0.3) is 0 Å². The molecule has 0 saturated heterocycles. The van der Waals surface area contributed by atoms with E-state index in [-0.39, 0.29) is 17.3 Å². The van der Waals surface area contributed by atoms with Crippen LogP contribution in [0.1, 0.15) is 31.0 Å². The van der Waals surface area contributed by atoms with Crippen molar-refractivity contribution in [3.63, 3.8) is 0 Å². The van der Waals surface area contributed by atoms with Gasteiger partial charge in [-0.25, -0.2) is 0 Å². The number of nitrogens with two attached hydrogens (primary N) is 1. The number of carbonyl (C=O) groups is 1. The molecule has 0 aliphatic rings. The van der Waals surface area contributed by atoms with E-state index < -0.39 is 0 Å². The van der Waals surface area contributed by atoms with E-state index in [1.807, 2.05) is 6.92 Å². The maximum Gasteiger partial charge on any atom is 0.315 e. The molecule has 2 unspecified atom stereocenters. The van der Waals surface area contributed by atoms with Crippen molar-refractivity contribution in [2.45, 2.75) is 31.6 Å². The van der Waals surface area contributed by atoms with E-state index in [1.54, 1.807) is 0 Å². The first kappa shape index (κ1) is 15.1. The summed E-state index contributed by atoms with van der Waals surface area (Å²) in [5, 5.41) is 0.177. The molecule has 18 heavy (non-hydrogen) atoms. The molecular formula is C14H21NO2S. The number of esters is 1. The van der Waals surface area contributed by atoms with Crippen LogP contribution in [0.4, 0.5) is 0 Å². The lowest BCUT2D eigenvalue weighted by molar-refractivity contribution is -0.137. The molecule has 1 rings (SSSR count). The average molecular weight is 267 g/mol. The fourth-order valence-corrected chi connectivity index (χ4v) is 2.49. The average Bonchev–Trinajstić information content (AvgIpc) is 2.43. The standard InChI is InChI=1S/C14H21NO2S/c1-4-11-5-7-12(8-6-11)14(15)10(2)18-9-13(16)17-3/h5-8,10,14H,4,9,15H2,1-3H3. The molecule has 0 aliphatic carbocycles. The van der Waals surface area contributed by atoms with Gasteiger partial charge in [-0.3, -0.25) is 4.79 Å². The monoisotopic (exact) mass is 267 g/mol. The molecule has 0 aromatic heterocycles. The zero-order valence-electron chi connectivity index (χ0n) is 11.2. The van der Waals surface area contributed by atoms with E-state index in [1.165, 1.54) is 24.4 Å². The van der Waals surface area contributed by atoms with Crippen LogP contribution in [0.2, 0.25) is 0 Å². The van der Waals surface area contributed by atoms with Crippen molar-refractivity contribution >= 4 is 17.7 Å². The van der Waals surface area contributed by atoms with Gasteiger partial charge < -0.3 is 10.5 Å². The Hall–Kier alpha value is -1.00. The topological polar surface area (TPSA) is 52.3 Å². The number of aryl methyl sites for hydroxylation is 1. The Morgan fingerprint density at radius 2 is 2.00 bits per heavy atom. The Labute approximate surface area is 113 Å². The van der Waals surface area contributed by atoms with Crippen LogP contribution in [0.3, 0.4) is 0 Å². The largest absolute Gasteiger partial charge is 0.468 e. The lowest BCUT2D eigenvalue weighted by Gasteiger charge is -2.19. The van der Waals surface area contributed by atoms with Crippen molar-refractivity contribution in [2.75, 3.05) is 12.9 Å². The molecule has 0 saturated carbocycles. The summed E-state index contributed by atoms with van der Waals surface area (Å²) in [4.78, 5) is 11.1. The quantitative estimate of drug-likeness (QED) is 0.805. The second-order valence-corrected chi connectivity index (χ2v) is 5.58. The van der Waals surface area contributed by atoms with Crippen molar-refractivity contribution in [2.24, 2.45) is 5.73 Å². The maximum atomic E-state index is 11.1. The molecule has 4 heteroatoms. The first-order valence-corrected chi connectivity index (χ1v) is 7.16. The molecular weight excluding hydrogens is 246 g/mol. The van der Waals surface area contributed by atoms with Gasteiger partial charge in [0.2, 0.25) is 0 Å². The fourth-order valence-electron chi connectivity index (χ4n) is 1.61. The van der Waals surface area contributed by atoms with E-state index in [9.17, 15) is 4.79 Å². The first-order valence-electron chi connectivity index (χ1n) is 6.11. The Morgan fingerprint density at radius 1 is 1.39 bits per heavy atom. The number of rotatable bonds is 6. The molecule has 3 nitrogen and oxygen atoms in total. The highest BCUT2D eigenvalue weighted by Crippen LogP contribution is 2.24. The number of hydrogen-bond acceptors (Lipinski definition) is 4. The van der Waals surface area contributed by atoms with Crippen LogP contribution >= 0.6 is 11.8 Å². The number of methoxy groups -OCH3 is 1. The van der Waals surface area contributed by atoms with Crippen molar-refractivity contribution in [3.8, 4) is 0 Å². The number of benzene rings is 1. The van der Waals surface area contributed by atoms with Gasteiger partial charge in [-0.2, -0.15) is 0 Å². The van der Waals surface area contributed by atoms with Crippen molar-refractivity contribution < 1.29 is 9.53 Å². The third kappa shape index (κ3) is 4.35. The first-order chi connectivity index (χ1) is 8.58. The molecule has 0 amide bonds. The molecule has 0 bridgehead atoms. The Balaban J connectivity index is 2.56. The minimum atomic E-state index is -0.208. The summed E-state index contributed by atoms with van der Waals surface area (Å²) in [7, 11) is 1.40.